The van der Waals surface area contributed by atoms with Gasteiger partial charge < -0.3 is 14.6 Å². The first kappa shape index (κ1) is 14.6. The largest absolute Gasteiger partial charge is 0.496 e. The van der Waals surface area contributed by atoms with Crippen molar-refractivity contribution in [3.05, 3.63) is 58.4 Å². The first-order valence-electron chi connectivity index (χ1n) is 5.98. The summed E-state index contributed by atoms with van der Waals surface area (Å²) >= 11 is 5.92. The zero-order valence-electron chi connectivity index (χ0n) is 10.9. The molecule has 2 aromatic rings. The van der Waals surface area contributed by atoms with Crippen LogP contribution in [0.5, 0.6) is 11.5 Å². The number of halogens is 2. The number of hydrogen-bond acceptors (Lipinski definition) is 3. The lowest BCUT2D eigenvalue weighted by molar-refractivity contribution is 0.275. The Morgan fingerprint density at radius 1 is 1.20 bits per heavy atom. The second-order valence-electron chi connectivity index (χ2n) is 4.20. The van der Waals surface area contributed by atoms with Gasteiger partial charge in [-0.3, -0.25) is 0 Å². The summed E-state index contributed by atoms with van der Waals surface area (Å²) in [4.78, 5) is 0. The summed E-state index contributed by atoms with van der Waals surface area (Å²) in [6, 6.07) is 9.29. The second kappa shape index (κ2) is 6.59. The van der Waals surface area contributed by atoms with E-state index in [0.717, 1.165) is 5.56 Å². The lowest BCUT2D eigenvalue weighted by Gasteiger charge is -2.11. The highest BCUT2D eigenvalue weighted by atomic mass is 35.5. The van der Waals surface area contributed by atoms with Crippen molar-refractivity contribution in [2.45, 2.75) is 13.2 Å². The van der Waals surface area contributed by atoms with Crippen LogP contribution in [-0.2, 0) is 13.2 Å². The molecule has 0 aliphatic rings. The van der Waals surface area contributed by atoms with Crippen molar-refractivity contribution >= 4 is 11.6 Å². The molecule has 0 heterocycles. The van der Waals surface area contributed by atoms with E-state index in [0.29, 0.717) is 22.1 Å². The van der Waals surface area contributed by atoms with Gasteiger partial charge in [0, 0.05) is 16.7 Å². The molecule has 0 bridgehead atoms. The van der Waals surface area contributed by atoms with Crippen molar-refractivity contribution in [3.8, 4) is 11.5 Å². The second-order valence-corrected chi connectivity index (χ2v) is 4.63. The van der Waals surface area contributed by atoms with Gasteiger partial charge in [0.05, 0.1) is 13.7 Å². The molecule has 0 aliphatic carbocycles. The van der Waals surface area contributed by atoms with Crippen molar-refractivity contribution in [1.29, 1.82) is 0 Å². The molecule has 0 aliphatic heterocycles. The predicted octanol–water partition coefficient (Wildman–Crippen LogP) is 3.56. The molecule has 106 valence electrons. The average molecular weight is 297 g/mol. The van der Waals surface area contributed by atoms with Gasteiger partial charge in [-0.1, -0.05) is 11.6 Å². The maximum absolute atomic E-state index is 13.3. The van der Waals surface area contributed by atoms with E-state index in [1.807, 2.05) is 0 Å². The first-order valence-corrected chi connectivity index (χ1v) is 6.35. The van der Waals surface area contributed by atoms with Gasteiger partial charge in [-0.05, 0) is 35.9 Å². The lowest BCUT2D eigenvalue weighted by Crippen LogP contribution is -2.00. The summed E-state index contributed by atoms with van der Waals surface area (Å²) in [5, 5.41) is 9.60. The fourth-order valence-corrected chi connectivity index (χ4v) is 2.01. The monoisotopic (exact) mass is 296 g/mol. The highest BCUT2D eigenvalue weighted by Gasteiger charge is 2.06. The summed E-state index contributed by atoms with van der Waals surface area (Å²) in [5.41, 5.74) is 1.22. The van der Waals surface area contributed by atoms with Crippen LogP contribution in [0.2, 0.25) is 5.02 Å². The summed E-state index contributed by atoms with van der Waals surface area (Å²) in [6.07, 6.45) is 0. The Kier molecular flexibility index (Phi) is 4.82. The van der Waals surface area contributed by atoms with Crippen molar-refractivity contribution in [3.63, 3.8) is 0 Å². The number of methoxy groups -OCH3 is 1. The topological polar surface area (TPSA) is 38.7 Å². The molecule has 0 unspecified atom stereocenters. The minimum Gasteiger partial charge on any atom is -0.496 e. The molecule has 2 rings (SSSR count). The number of ether oxygens (including phenoxy) is 2. The van der Waals surface area contributed by atoms with Crippen LogP contribution >= 0.6 is 11.6 Å². The Labute approximate surface area is 121 Å². The van der Waals surface area contributed by atoms with E-state index in [1.54, 1.807) is 31.4 Å². The van der Waals surface area contributed by atoms with E-state index in [9.17, 15) is 4.39 Å². The molecule has 2 aromatic carbocycles. The van der Waals surface area contributed by atoms with Crippen LogP contribution in [-0.4, -0.2) is 12.2 Å². The third-order valence-corrected chi connectivity index (χ3v) is 2.99. The van der Waals surface area contributed by atoms with Crippen molar-refractivity contribution in [2.75, 3.05) is 7.11 Å². The minimum absolute atomic E-state index is 0.193. The highest BCUT2D eigenvalue weighted by molar-refractivity contribution is 6.30. The van der Waals surface area contributed by atoms with Crippen LogP contribution in [0.4, 0.5) is 4.39 Å². The van der Waals surface area contributed by atoms with Crippen LogP contribution in [0.3, 0.4) is 0 Å². The van der Waals surface area contributed by atoms with E-state index >= 15 is 0 Å². The van der Waals surface area contributed by atoms with Gasteiger partial charge in [-0.15, -0.1) is 0 Å². The summed E-state index contributed by atoms with van der Waals surface area (Å²) in [5.74, 6) is 0.536. The Bertz CT molecular complexity index is 602. The number of benzene rings is 2. The molecule has 3 nitrogen and oxygen atoms in total. The molecule has 1 N–H and O–H groups in total. The Hall–Kier alpha value is -1.78. The Balaban J connectivity index is 2.16. The average Bonchev–Trinajstić information content (AvgIpc) is 2.44. The number of hydrogen-bond donors (Lipinski definition) is 1. The van der Waals surface area contributed by atoms with Crippen LogP contribution in [0.1, 0.15) is 11.1 Å². The molecule has 5 heteroatoms. The zero-order chi connectivity index (χ0) is 14.5. The maximum atomic E-state index is 13.3. The van der Waals surface area contributed by atoms with E-state index < -0.39 is 5.82 Å². The molecule has 0 fully saturated rings. The van der Waals surface area contributed by atoms with Gasteiger partial charge >= 0.3 is 0 Å². The van der Waals surface area contributed by atoms with Gasteiger partial charge in [0.25, 0.3) is 0 Å². The number of aliphatic hydroxyl groups excluding tert-OH is 1. The van der Waals surface area contributed by atoms with E-state index in [1.165, 1.54) is 12.1 Å². The Morgan fingerprint density at radius 2 is 2.00 bits per heavy atom. The maximum Gasteiger partial charge on any atom is 0.127 e. The highest BCUT2D eigenvalue weighted by Crippen LogP contribution is 2.25. The summed E-state index contributed by atoms with van der Waals surface area (Å²) in [7, 11) is 1.55. The Morgan fingerprint density at radius 3 is 2.70 bits per heavy atom. The molecule has 0 atom stereocenters. The minimum atomic E-state index is -0.454. The van der Waals surface area contributed by atoms with E-state index in [4.69, 9.17) is 26.2 Å². The third-order valence-electron chi connectivity index (χ3n) is 2.75. The van der Waals surface area contributed by atoms with Crippen molar-refractivity contribution in [2.24, 2.45) is 0 Å². The molecule has 0 amide bonds. The fourth-order valence-electron chi connectivity index (χ4n) is 1.82. The van der Waals surface area contributed by atoms with Gasteiger partial charge in [-0.2, -0.15) is 0 Å². The van der Waals surface area contributed by atoms with Gasteiger partial charge in [0.2, 0.25) is 0 Å². The summed E-state index contributed by atoms with van der Waals surface area (Å²) in [6.45, 7) is -0.0489. The van der Waals surface area contributed by atoms with Gasteiger partial charge in [-0.25, -0.2) is 4.39 Å². The van der Waals surface area contributed by atoms with Crippen molar-refractivity contribution < 1.29 is 19.0 Å². The molecule has 0 saturated heterocycles. The fraction of sp³-hybridized carbons (Fsp3) is 0.200. The third kappa shape index (κ3) is 3.62. The predicted molar refractivity (Wildman–Crippen MR) is 74.7 cm³/mol. The van der Waals surface area contributed by atoms with Crippen molar-refractivity contribution in [1.82, 2.24) is 0 Å². The zero-order valence-corrected chi connectivity index (χ0v) is 11.7. The van der Waals surface area contributed by atoms with E-state index in [-0.39, 0.29) is 13.2 Å². The van der Waals surface area contributed by atoms with Gasteiger partial charge in [0.1, 0.15) is 23.9 Å². The summed E-state index contributed by atoms with van der Waals surface area (Å²) < 4.78 is 24.0. The van der Waals surface area contributed by atoms with Crippen LogP contribution in [0, 0.1) is 5.82 Å². The van der Waals surface area contributed by atoms with Gasteiger partial charge in [0.15, 0.2) is 0 Å². The standard InChI is InChI=1S/C15H14ClFO3/c1-19-15-3-2-12(16)6-11(15)9-20-14-5-10(8-18)4-13(17)7-14/h2-7,18H,8-9H2,1H3. The molecule has 0 saturated carbocycles. The molecule has 20 heavy (non-hydrogen) atoms. The van der Waals surface area contributed by atoms with Crippen LogP contribution < -0.4 is 9.47 Å². The normalized spacial score (nSPS) is 10.4. The first-order chi connectivity index (χ1) is 9.62. The molecular formula is C15H14ClFO3. The molecule has 0 radical (unpaired) electrons. The smallest absolute Gasteiger partial charge is 0.127 e. The molecular weight excluding hydrogens is 283 g/mol. The number of rotatable bonds is 5. The van der Waals surface area contributed by atoms with E-state index in [2.05, 4.69) is 0 Å². The lowest BCUT2D eigenvalue weighted by atomic mass is 10.2. The van der Waals surface area contributed by atoms with Crippen LogP contribution in [0.25, 0.3) is 0 Å². The molecule has 0 aromatic heterocycles. The SMILES string of the molecule is COc1ccc(Cl)cc1COc1cc(F)cc(CO)c1. The van der Waals surface area contributed by atoms with Crippen LogP contribution in [0.15, 0.2) is 36.4 Å². The molecule has 0 spiro atoms. The number of aliphatic hydroxyl groups is 1. The quantitative estimate of drug-likeness (QED) is 0.917.